The van der Waals surface area contributed by atoms with Gasteiger partial charge in [-0.2, -0.15) is 5.10 Å². The summed E-state index contributed by atoms with van der Waals surface area (Å²) in [5, 5.41) is 5.17. The van der Waals surface area contributed by atoms with Gasteiger partial charge in [0.15, 0.2) is 5.11 Å². The third-order valence-electron chi connectivity index (χ3n) is 5.40. The number of fused-ring (bicyclic) bond motifs is 1. The molecule has 0 radical (unpaired) electrons. The molecular weight excluding hydrogens is 398 g/mol. The summed E-state index contributed by atoms with van der Waals surface area (Å²) in [5.74, 6) is 0.0106. The number of carbonyl (C=O) groups excluding carboxylic acids is 1. The molecule has 1 N–H and O–H groups in total. The van der Waals surface area contributed by atoms with E-state index in [4.69, 9.17) is 12.2 Å². The maximum atomic E-state index is 11.9. The molecule has 1 amide bonds. The lowest BCUT2D eigenvalue weighted by atomic mass is 10.1. The van der Waals surface area contributed by atoms with Crippen molar-refractivity contribution in [3.8, 4) is 0 Å². The first-order valence-corrected chi connectivity index (χ1v) is 10.5. The van der Waals surface area contributed by atoms with E-state index in [1.807, 2.05) is 24.5 Å². The van der Waals surface area contributed by atoms with Crippen LogP contribution in [0.5, 0.6) is 0 Å². The number of nitrogens with zero attached hydrogens (tertiary/aromatic N) is 6. The van der Waals surface area contributed by atoms with Crippen LogP contribution in [-0.4, -0.2) is 69.2 Å². The van der Waals surface area contributed by atoms with E-state index in [-0.39, 0.29) is 5.91 Å². The van der Waals surface area contributed by atoms with Crippen LogP contribution in [-0.2, 0) is 11.3 Å². The molecule has 0 atom stereocenters. The zero-order valence-electron chi connectivity index (χ0n) is 17.0. The monoisotopic (exact) mass is 423 g/mol. The molecule has 2 aromatic heterocycles. The third-order valence-corrected chi connectivity index (χ3v) is 5.75. The Balaban J connectivity index is 1.34. The van der Waals surface area contributed by atoms with Crippen LogP contribution < -0.4 is 10.3 Å². The molecule has 2 aromatic rings. The van der Waals surface area contributed by atoms with E-state index in [0.29, 0.717) is 18.1 Å². The second-order valence-corrected chi connectivity index (χ2v) is 7.77. The highest BCUT2D eigenvalue weighted by Gasteiger charge is 2.25. The standard InChI is InChI=1S/C21H25N7OS/c1-16(29)28-10-6-18(20-19(28)3-2-7-23-20)24-25-21(30)27-13-11-26(12-14-27)15-17-4-8-22-9-5-17/h2-5,7-9H,6,10-15H2,1H3,(H,25,30)/b24-18-. The van der Waals surface area contributed by atoms with Gasteiger partial charge in [-0.1, -0.05) is 0 Å². The molecule has 0 spiro atoms. The van der Waals surface area contributed by atoms with E-state index in [1.54, 1.807) is 18.0 Å². The van der Waals surface area contributed by atoms with Gasteiger partial charge in [0, 0.05) is 71.2 Å². The molecule has 9 heteroatoms. The van der Waals surface area contributed by atoms with Crippen LogP contribution in [0.4, 0.5) is 5.69 Å². The van der Waals surface area contributed by atoms with Gasteiger partial charge in [-0.3, -0.25) is 25.1 Å². The Morgan fingerprint density at radius 2 is 1.90 bits per heavy atom. The summed E-state index contributed by atoms with van der Waals surface area (Å²) >= 11 is 5.57. The molecule has 1 saturated heterocycles. The van der Waals surface area contributed by atoms with Gasteiger partial charge in [0.2, 0.25) is 5.91 Å². The van der Waals surface area contributed by atoms with Crippen molar-refractivity contribution >= 4 is 34.6 Å². The summed E-state index contributed by atoms with van der Waals surface area (Å²) < 4.78 is 0. The zero-order valence-corrected chi connectivity index (χ0v) is 17.8. The lowest BCUT2D eigenvalue weighted by Gasteiger charge is -2.35. The van der Waals surface area contributed by atoms with Crippen LogP contribution in [0.3, 0.4) is 0 Å². The Kier molecular flexibility index (Phi) is 6.29. The minimum Gasteiger partial charge on any atom is -0.345 e. The first kappa shape index (κ1) is 20.4. The lowest BCUT2D eigenvalue weighted by molar-refractivity contribution is -0.116. The van der Waals surface area contributed by atoms with Crippen LogP contribution in [0.1, 0.15) is 24.6 Å². The number of aromatic nitrogens is 2. The maximum Gasteiger partial charge on any atom is 0.223 e. The molecule has 0 bridgehead atoms. The molecule has 156 valence electrons. The van der Waals surface area contributed by atoms with Crippen LogP contribution in [0.15, 0.2) is 48.0 Å². The molecule has 0 unspecified atom stereocenters. The molecule has 30 heavy (non-hydrogen) atoms. The minimum atomic E-state index is 0.0106. The predicted octanol–water partition coefficient (Wildman–Crippen LogP) is 1.63. The van der Waals surface area contributed by atoms with E-state index >= 15 is 0 Å². The Hall–Kier alpha value is -2.91. The van der Waals surface area contributed by atoms with Gasteiger partial charge in [0.1, 0.15) is 5.69 Å². The van der Waals surface area contributed by atoms with E-state index in [2.05, 4.69) is 42.4 Å². The summed E-state index contributed by atoms with van der Waals surface area (Å²) in [4.78, 5) is 26.7. The average Bonchev–Trinajstić information content (AvgIpc) is 2.78. The molecule has 0 aliphatic carbocycles. The van der Waals surface area contributed by atoms with Crippen LogP contribution >= 0.6 is 12.2 Å². The topological polar surface area (TPSA) is 77.0 Å². The fourth-order valence-electron chi connectivity index (χ4n) is 3.77. The van der Waals surface area contributed by atoms with Crippen molar-refractivity contribution in [1.29, 1.82) is 0 Å². The van der Waals surface area contributed by atoms with Crippen LogP contribution in [0, 0.1) is 0 Å². The average molecular weight is 424 g/mol. The van der Waals surface area contributed by atoms with Crippen molar-refractivity contribution in [3.05, 3.63) is 54.1 Å². The number of pyridine rings is 2. The number of thiocarbonyl (C=S) groups is 1. The van der Waals surface area contributed by atoms with Gasteiger partial charge < -0.3 is 9.80 Å². The second-order valence-electron chi connectivity index (χ2n) is 7.39. The van der Waals surface area contributed by atoms with Crippen LogP contribution in [0.2, 0.25) is 0 Å². The molecule has 2 aliphatic rings. The third kappa shape index (κ3) is 4.63. The van der Waals surface area contributed by atoms with Crippen molar-refractivity contribution in [2.24, 2.45) is 5.10 Å². The number of hydrogen-bond acceptors (Lipinski definition) is 6. The molecule has 1 fully saturated rings. The van der Waals surface area contributed by atoms with Gasteiger partial charge in [-0.15, -0.1) is 0 Å². The minimum absolute atomic E-state index is 0.0106. The number of anilines is 1. The fourth-order valence-corrected chi connectivity index (χ4v) is 4.00. The lowest BCUT2D eigenvalue weighted by Crippen LogP contribution is -2.50. The van der Waals surface area contributed by atoms with E-state index in [1.165, 1.54) is 5.56 Å². The number of piperazine rings is 1. The van der Waals surface area contributed by atoms with Crippen molar-refractivity contribution < 1.29 is 4.79 Å². The van der Waals surface area contributed by atoms with Gasteiger partial charge in [-0.05, 0) is 42.0 Å². The Morgan fingerprint density at radius 3 is 2.63 bits per heavy atom. The largest absolute Gasteiger partial charge is 0.345 e. The SMILES string of the molecule is CC(=O)N1CC/C(=N/NC(=S)N2CCN(Cc3ccncc3)CC2)c2ncccc21. The van der Waals surface area contributed by atoms with Gasteiger partial charge in [0.25, 0.3) is 0 Å². The van der Waals surface area contributed by atoms with E-state index < -0.39 is 0 Å². The Morgan fingerprint density at radius 1 is 1.13 bits per heavy atom. The summed E-state index contributed by atoms with van der Waals surface area (Å²) in [6.45, 7) is 6.68. The number of hydrogen-bond donors (Lipinski definition) is 1. The highest BCUT2D eigenvalue weighted by Crippen LogP contribution is 2.25. The maximum absolute atomic E-state index is 11.9. The van der Waals surface area contributed by atoms with Crippen molar-refractivity contribution in [1.82, 2.24) is 25.2 Å². The molecule has 4 rings (SSSR count). The number of carbonyl (C=O) groups is 1. The summed E-state index contributed by atoms with van der Waals surface area (Å²) in [5.41, 5.74) is 6.67. The molecule has 0 saturated carbocycles. The number of amides is 1. The van der Waals surface area contributed by atoms with E-state index in [9.17, 15) is 4.79 Å². The fraction of sp³-hybridized carbons (Fsp3) is 0.381. The van der Waals surface area contributed by atoms with E-state index in [0.717, 1.165) is 49.8 Å². The second kappa shape index (κ2) is 9.27. The quantitative estimate of drug-likeness (QED) is 0.594. The first-order chi connectivity index (χ1) is 14.6. The summed E-state index contributed by atoms with van der Waals surface area (Å²) in [7, 11) is 0. The number of hydrazone groups is 1. The van der Waals surface area contributed by atoms with Crippen molar-refractivity contribution in [3.63, 3.8) is 0 Å². The highest BCUT2D eigenvalue weighted by molar-refractivity contribution is 7.80. The predicted molar refractivity (Wildman–Crippen MR) is 120 cm³/mol. The molecule has 2 aliphatic heterocycles. The highest BCUT2D eigenvalue weighted by atomic mass is 32.1. The van der Waals surface area contributed by atoms with Crippen molar-refractivity contribution in [2.45, 2.75) is 19.9 Å². The number of nitrogens with one attached hydrogen (secondary N) is 1. The molecule has 0 aromatic carbocycles. The zero-order chi connectivity index (χ0) is 20.9. The molecular formula is C21H25N7OS. The van der Waals surface area contributed by atoms with Crippen molar-refractivity contribution in [2.75, 3.05) is 37.6 Å². The smallest absolute Gasteiger partial charge is 0.223 e. The molecule has 8 nitrogen and oxygen atoms in total. The van der Waals surface area contributed by atoms with Gasteiger partial charge in [-0.25, -0.2) is 0 Å². The summed E-state index contributed by atoms with van der Waals surface area (Å²) in [6, 6.07) is 7.84. The van der Waals surface area contributed by atoms with Gasteiger partial charge in [0.05, 0.1) is 11.4 Å². The van der Waals surface area contributed by atoms with Gasteiger partial charge >= 0.3 is 0 Å². The normalized spacial score (nSPS) is 18.2. The molecule has 4 heterocycles. The number of rotatable bonds is 3. The Labute approximate surface area is 181 Å². The van der Waals surface area contributed by atoms with Crippen LogP contribution in [0.25, 0.3) is 0 Å². The first-order valence-electron chi connectivity index (χ1n) is 10.1. The Bertz CT molecular complexity index is 941. The summed E-state index contributed by atoms with van der Waals surface area (Å²) in [6.07, 6.45) is 6.02.